The SMILES string of the molecule is O=C(c1cncc(-c2ccccc2)c1)N1C2CCNCC1CC2. The van der Waals surface area contributed by atoms with E-state index in [1.807, 2.05) is 42.6 Å². The zero-order valence-corrected chi connectivity index (χ0v) is 13.1. The Hall–Kier alpha value is -2.20. The fourth-order valence-corrected chi connectivity index (χ4v) is 3.81. The van der Waals surface area contributed by atoms with Gasteiger partial charge in [-0.15, -0.1) is 0 Å². The van der Waals surface area contributed by atoms with E-state index in [-0.39, 0.29) is 5.91 Å². The number of benzene rings is 1. The minimum Gasteiger partial charge on any atom is -0.331 e. The number of fused-ring (bicyclic) bond motifs is 2. The Balaban J connectivity index is 1.64. The van der Waals surface area contributed by atoms with Crippen molar-refractivity contribution in [3.8, 4) is 11.1 Å². The normalized spacial score (nSPS) is 23.6. The Kier molecular flexibility index (Phi) is 3.83. The van der Waals surface area contributed by atoms with Crippen LogP contribution in [0.3, 0.4) is 0 Å². The van der Waals surface area contributed by atoms with Gasteiger partial charge in [-0.1, -0.05) is 30.3 Å². The van der Waals surface area contributed by atoms with Crippen molar-refractivity contribution in [1.82, 2.24) is 15.2 Å². The van der Waals surface area contributed by atoms with Crippen LogP contribution in [0.25, 0.3) is 11.1 Å². The first-order chi connectivity index (χ1) is 11.3. The van der Waals surface area contributed by atoms with Crippen molar-refractivity contribution < 1.29 is 4.79 Å². The van der Waals surface area contributed by atoms with Crippen molar-refractivity contribution in [3.05, 3.63) is 54.4 Å². The van der Waals surface area contributed by atoms with E-state index in [0.717, 1.165) is 43.5 Å². The Morgan fingerprint density at radius 1 is 1.04 bits per heavy atom. The fourth-order valence-electron chi connectivity index (χ4n) is 3.81. The molecule has 2 saturated heterocycles. The molecule has 4 heteroatoms. The van der Waals surface area contributed by atoms with Crippen molar-refractivity contribution in [2.45, 2.75) is 31.3 Å². The minimum atomic E-state index is 0.131. The van der Waals surface area contributed by atoms with Crippen LogP contribution in [-0.4, -0.2) is 41.0 Å². The third kappa shape index (κ3) is 2.75. The number of carbonyl (C=O) groups is 1. The molecule has 4 nitrogen and oxygen atoms in total. The van der Waals surface area contributed by atoms with Gasteiger partial charge in [-0.25, -0.2) is 0 Å². The van der Waals surface area contributed by atoms with Crippen LogP contribution in [0.4, 0.5) is 0 Å². The van der Waals surface area contributed by atoms with Crippen LogP contribution in [0, 0.1) is 0 Å². The van der Waals surface area contributed by atoms with Gasteiger partial charge in [0.2, 0.25) is 0 Å². The van der Waals surface area contributed by atoms with Gasteiger partial charge < -0.3 is 10.2 Å². The van der Waals surface area contributed by atoms with Gasteiger partial charge in [-0.3, -0.25) is 9.78 Å². The van der Waals surface area contributed by atoms with Gasteiger partial charge in [0.25, 0.3) is 5.91 Å². The molecule has 2 bridgehead atoms. The predicted molar refractivity (Wildman–Crippen MR) is 90.1 cm³/mol. The number of carbonyl (C=O) groups excluding carboxylic acids is 1. The van der Waals surface area contributed by atoms with Crippen LogP contribution < -0.4 is 5.32 Å². The molecule has 0 aliphatic carbocycles. The highest BCUT2D eigenvalue weighted by Gasteiger charge is 2.38. The smallest absolute Gasteiger partial charge is 0.255 e. The Morgan fingerprint density at radius 2 is 1.87 bits per heavy atom. The molecule has 1 N–H and O–H groups in total. The maximum absolute atomic E-state index is 13.1. The van der Waals surface area contributed by atoms with Crippen LogP contribution in [0.5, 0.6) is 0 Å². The lowest BCUT2D eigenvalue weighted by Gasteiger charge is -2.28. The summed E-state index contributed by atoms with van der Waals surface area (Å²) in [5, 5.41) is 3.44. The molecule has 4 rings (SSSR count). The lowest BCUT2D eigenvalue weighted by molar-refractivity contribution is 0.0680. The molecule has 1 aromatic heterocycles. The molecule has 2 aliphatic rings. The van der Waals surface area contributed by atoms with Crippen LogP contribution in [0.2, 0.25) is 0 Å². The van der Waals surface area contributed by atoms with Gasteiger partial charge in [0.05, 0.1) is 5.56 Å². The maximum atomic E-state index is 13.1. The van der Waals surface area contributed by atoms with Crippen molar-refractivity contribution in [3.63, 3.8) is 0 Å². The molecule has 2 aromatic rings. The second-order valence-corrected chi connectivity index (χ2v) is 6.42. The van der Waals surface area contributed by atoms with E-state index in [2.05, 4.69) is 15.2 Å². The van der Waals surface area contributed by atoms with Gasteiger partial charge in [0.15, 0.2) is 0 Å². The first kappa shape index (κ1) is 14.4. The third-order valence-electron chi connectivity index (χ3n) is 4.98. The molecule has 1 amide bonds. The summed E-state index contributed by atoms with van der Waals surface area (Å²) in [5.41, 5.74) is 2.79. The number of aromatic nitrogens is 1. The zero-order valence-electron chi connectivity index (χ0n) is 13.1. The second kappa shape index (κ2) is 6.13. The van der Waals surface area contributed by atoms with Gasteiger partial charge >= 0.3 is 0 Å². The molecule has 1 aromatic carbocycles. The molecule has 118 valence electrons. The van der Waals surface area contributed by atoms with Gasteiger partial charge in [0.1, 0.15) is 0 Å². The summed E-state index contributed by atoms with van der Waals surface area (Å²) in [6.07, 6.45) is 6.81. The lowest BCUT2D eigenvalue weighted by Crippen LogP contribution is -2.42. The van der Waals surface area contributed by atoms with E-state index in [0.29, 0.717) is 17.6 Å². The van der Waals surface area contributed by atoms with Crippen LogP contribution in [-0.2, 0) is 0 Å². The Labute approximate surface area is 136 Å². The van der Waals surface area contributed by atoms with E-state index in [1.165, 1.54) is 0 Å². The molecule has 0 spiro atoms. The van der Waals surface area contributed by atoms with E-state index in [1.54, 1.807) is 6.20 Å². The molecule has 3 heterocycles. The molecular weight excluding hydrogens is 286 g/mol. The van der Waals surface area contributed by atoms with Gasteiger partial charge in [0, 0.05) is 36.6 Å². The molecule has 0 radical (unpaired) electrons. The fraction of sp³-hybridized carbons (Fsp3) is 0.368. The molecule has 2 fully saturated rings. The summed E-state index contributed by atoms with van der Waals surface area (Å²) in [6, 6.07) is 12.8. The van der Waals surface area contributed by atoms with Crippen molar-refractivity contribution in [1.29, 1.82) is 0 Å². The third-order valence-corrected chi connectivity index (χ3v) is 4.98. The highest BCUT2D eigenvalue weighted by molar-refractivity contribution is 5.95. The summed E-state index contributed by atoms with van der Waals surface area (Å²) in [4.78, 5) is 19.5. The maximum Gasteiger partial charge on any atom is 0.255 e. The molecule has 23 heavy (non-hydrogen) atoms. The standard InChI is InChI=1S/C19H21N3O/c23-19(22-17-6-7-18(22)13-20-9-8-17)16-10-15(11-21-12-16)14-4-2-1-3-5-14/h1-5,10-12,17-18,20H,6-9,13H2. The molecule has 2 atom stereocenters. The number of nitrogens with zero attached hydrogens (tertiary/aromatic N) is 2. The van der Waals surface area contributed by atoms with Gasteiger partial charge in [-0.05, 0) is 37.4 Å². The number of hydrogen-bond donors (Lipinski definition) is 1. The Bertz CT molecular complexity index is 687. The van der Waals surface area contributed by atoms with E-state index in [9.17, 15) is 4.79 Å². The van der Waals surface area contributed by atoms with Crippen LogP contribution >= 0.6 is 0 Å². The number of hydrogen-bond acceptors (Lipinski definition) is 3. The van der Waals surface area contributed by atoms with Gasteiger partial charge in [-0.2, -0.15) is 0 Å². The predicted octanol–water partition coefficient (Wildman–Crippen LogP) is 2.72. The largest absolute Gasteiger partial charge is 0.331 e. The summed E-state index contributed by atoms with van der Waals surface area (Å²) >= 11 is 0. The number of amides is 1. The van der Waals surface area contributed by atoms with E-state index < -0.39 is 0 Å². The highest BCUT2D eigenvalue weighted by Crippen LogP contribution is 2.30. The summed E-state index contributed by atoms with van der Waals surface area (Å²) in [5.74, 6) is 0.131. The highest BCUT2D eigenvalue weighted by atomic mass is 16.2. The van der Waals surface area contributed by atoms with Crippen LogP contribution in [0.1, 0.15) is 29.6 Å². The number of nitrogens with one attached hydrogen (secondary N) is 1. The van der Waals surface area contributed by atoms with Crippen molar-refractivity contribution >= 4 is 5.91 Å². The molecule has 2 unspecified atom stereocenters. The molecular formula is C19H21N3O. The van der Waals surface area contributed by atoms with Crippen molar-refractivity contribution in [2.75, 3.05) is 13.1 Å². The zero-order chi connectivity index (χ0) is 15.6. The molecule has 2 aliphatic heterocycles. The van der Waals surface area contributed by atoms with E-state index >= 15 is 0 Å². The first-order valence-corrected chi connectivity index (χ1v) is 8.37. The average molecular weight is 307 g/mol. The van der Waals surface area contributed by atoms with E-state index in [4.69, 9.17) is 0 Å². The minimum absolute atomic E-state index is 0.131. The van der Waals surface area contributed by atoms with Crippen molar-refractivity contribution in [2.24, 2.45) is 0 Å². The lowest BCUT2D eigenvalue weighted by atomic mass is 10.1. The molecule has 0 saturated carbocycles. The summed E-state index contributed by atoms with van der Waals surface area (Å²) < 4.78 is 0. The topological polar surface area (TPSA) is 45.2 Å². The number of rotatable bonds is 2. The number of pyridine rings is 1. The second-order valence-electron chi connectivity index (χ2n) is 6.42. The average Bonchev–Trinajstić information content (AvgIpc) is 2.88. The quantitative estimate of drug-likeness (QED) is 0.928. The Morgan fingerprint density at radius 3 is 2.74 bits per heavy atom. The summed E-state index contributed by atoms with van der Waals surface area (Å²) in [6.45, 7) is 1.92. The first-order valence-electron chi connectivity index (χ1n) is 8.37. The van der Waals surface area contributed by atoms with Crippen LogP contribution in [0.15, 0.2) is 48.8 Å². The summed E-state index contributed by atoms with van der Waals surface area (Å²) in [7, 11) is 0. The monoisotopic (exact) mass is 307 g/mol.